The molecule has 0 fully saturated rings. The number of benzene rings is 1. The molecule has 0 aromatic heterocycles. The molecule has 1 rings (SSSR count). The van der Waals surface area contributed by atoms with E-state index >= 15 is 0 Å². The van der Waals surface area contributed by atoms with E-state index in [-0.39, 0.29) is 5.78 Å². The van der Waals surface area contributed by atoms with Gasteiger partial charge in [-0.3, -0.25) is 0 Å². The van der Waals surface area contributed by atoms with Gasteiger partial charge in [-0.2, -0.15) is 0 Å². The van der Waals surface area contributed by atoms with Gasteiger partial charge in [0.25, 0.3) is 0 Å². The zero-order chi connectivity index (χ0) is 18.6. The molecule has 22 heavy (non-hydrogen) atoms. The summed E-state index contributed by atoms with van der Waals surface area (Å²) in [4.78, 5) is 9.44. The molecule has 0 saturated carbocycles. The fourth-order valence-corrected chi connectivity index (χ4v) is 1.10. The van der Waals surface area contributed by atoms with Crippen LogP contribution in [0.4, 0.5) is 0 Å². The summed E-state index contributed by atoms with van der Waals surface area (Å²) in [5, 5.41) is 0. The van der Waals surface area contributed by atoms with Crippen molar-refractivity contribution in [3.8, 4) is 0 Å². The van der Waals surface area contributed by atoms with Crippen LogP contribution in [0.5, 0.6) is 0 Å². The van der Waals surface area contributed by atoms with E-state index in [9.17, 15) is 4.79 Å². The number of rotatable bonds is 2. The first-order valence-electron chi connectivity index (χ1n) is 8.83. The van der Waals surface area contributed by atoms with Crippen LogP contribution < -0.4 is 0 Å². The number of hydrogen-bond acceptors (Lipinski definition) is 1. The lowest BCUT2D eigenvalue weighted by atomic mass is 10.1. The summed E-state index contributed by atoms with van der Waals surface area (Å²) in [5.41, 5.74) is 2.68. The van der Waals surface area contributed by atoms with Gasteiger partial charge in [-0.05, 0) is 33.6 Å². The summed E-state index contributed by atoms with van der Waals surface area (Å²) in [5.74, 6) is 1.10. The first-order valence-corrected chi connectivity index (χ1v) is 8.83. The summed E-state index contributed by atoms with van der Waals surface area (Å²) in [6.45, 7) is 22.0. The van der Waals surface area contributed by atoms with Gasteiger partial charge in [0.15, 0.2) is 0 Å². The summed E-state index contributed by atoms with van der Waals surface area (Å²) in [7, 11) is 0. The summed E-state index contributed by atoms with van der Waals surface area (Å²) < 4.78 is 0. The van der Waals surface area contributed by atoms with Crippen LogP contribution >= 0.6 is 0 Å². The van der Waals surface area contributed by atoms with Crippen molar-refractivity contribution >= 4 is 5.78 Å². The first-order chi connectivity index (χ1) is 10.3. The van der Waals surface area contributed by atoms with E-state index in [2.05, 4.69) is 58.9 Å². The van der Waals surface area contributed by atoms with Gasteiger partial charge >= 0.3 is 0 Å². The second kappa shape index (κ2) is 24.9. The van der Waals surface area contributed by atoms with Crippen LogP contribution in [0.3, 0.4) is 0 Å². The Bertz CT molecular complexity index is 290. The van der Waals surface area contributed by atoms with Gasteiger partial charge in [-0.15, -0.1) is 0 Å². The molecule has 132 valence electrons. The highest BCUT2D eigenvalue weighted by molar-refractivity contribution is 5.72. The average molecular weight is 311 g/mol. The lowest BCUT2D eigenvalue weighted by molar-refractivity contribution is -0.114. The number of aryl methyl sites for hydroxylation is 2. The number of Topliss-reactive ketones (excluding diaryl/α,β-unsaturated/α-hetero) is 1. The molecule has 1 heteroatoms. The zero-order valence-corrected chi connectivity index (χ0v) is 17.2. The van der Waals surface area contributed by atoms with E-state index in [1.165, 1.54) is 37.8 Å². The Kier molecular flexibility index (Phi) is 32.8. The minimum absolute atomic E-state index is 0.167. The SMILES string of the molecule is CC.CC.CC(C)=O.CCC(C)CC.Cc1cccc(C)c1. The van der Waals surface area contributed by atoms with Crippen molar-refractivity contribution in [2.45, 2.75) is 89.0 Å². The van der Waals surface area contributed by atoms with Crippen molar-refractivity contribution in [3.63, 3.8) is 0 Å². The Balaban J connectivity index is -0.000000104. The molecule has 0 unspecified atom stereocenters. The Hall–Kier alpha value is -1.11. The molecular formula is C21H42O. The van der Waals surface area contributed by atoms with Gasteiger partial charge in [0.2, 0.25) is 0 Å². The number of ketones is 1. The summed E-state index contributed by atoms with van der Waals surface area (Å²) in [6.07, 6.45) is 2.66. The predicted molar refractivity (Wildman–Crippen MR) is 105 cm³/mol. The normalized spacial score (nSPS) is 7.82. The maximum absolute atomic E-state index is 9.44. The summed E-state index contributed by atoms with van der Waals surface area (Å²) in [6, 6.07) is 8.45. The van der Waals surface area contributed by atoms with Crippen LogP contribution in [0.15, 0.2) is 24.3 Å². The van der Waals surface area contributed by atoms with Gasteiger partial charge in [-0.25, -0.2) is 0 Å². The third kappa shape index (κ3) is 36.4. The van der Waals surface area contributed by atoms with E-state index in [0.717, 1.165) is 5.92 Å². The average Bonchev–Trinajstić information content (AvgIpc) is 2.50. The smallest absolute Gasteiger partial charge is 0.126 e. The Morgan fingerprint density at radius 2 is 1.18 bits per heavy atom. The molecule has 0 aliphatic rings. The lowest BCUT2D eigenvalue weighted by Gasteiger charge is -1.98. The highest BCUT2D eigenvalue weighted by atomic mass is 16.1. The highest BCUT2D eigenvalue weighted by Gasteiger charge is 1.88. The van der Waals surface area contributed by atoms with Crippen LogP contribution in [0, 0.1) is 19.8 Å². The van der Waals surface area contributed by atoms with Gasteiger partial charge in [0, 0.05) is 0 Å². The molecule has 0 bridgehead atoms. The second-order valence-electron chi connectivity index (χ2n) is 4.99. The third-order valence-electron chi connectivity index (χ3n) is 2.57. The molecule has 0 amide bonds. The molecule has 0 N–H and O–H groups in total. The molecular weight excluding hydrogens is 268 g/mol. The molecule has 0 aliphatic carbocycles. The van der Waals surface area contributed by atoms with E-state index in [0.29, 0.717) is 0 Å². The first kappa shape index (κ1) is 29.0. The molecule has 0 radical (unpaired) electrons. The van der Waals surface area contributed by atoms with Gasteiger partial charge in [0.05, 0.1) is 0 Å². The molecule has 1 nitrogen and oxygen atoms in total. The van der Waals surface area contributed by atoms with Crippen LogP contribution in [-0.4, -0.2) is 5.78 Å². The predicted octanol–water partition coefficient (Wildman–Crippen LogP) is 7.39. The monoisotopic (exact) mass is 310 g/mol. The van der Waals surface area contributed by atoms with Crippen LogP contribution in [-0.2, 0) is 4.79 Å². The largest absolute Gasteiger partial charge is 0.300 e. The zero-order valence-electron chi connectivity index (χ0n) is 17.2. The minimum atomic E-state index is 0.167. The van der Waals surface area contributed by atoms with Crippen LogP contribution in [0.1, 0.15) is 86.3 Å². The van der Waals surface area contributed by atoms with E-state index in [1.54, 1.807) is 0 Å². The lowest BCUT2D eigenvalue weighted by Crippen LogP contribution is -1.85. The molecule has 1 aromatic rings. The second-order valence-corrected chi connectivity index (χ2v) is 4.99. The number of hydrogen-bond donors (Lipinski definition) is 0. The highest BCUT2D eigenvalue weighted by Crippen LogP contribution is 2.02. The molecule has 0 heterocycles. The van der Waals surface area contributed by atoms with Crippen molar-refractivity contribution in [1.29, 1.82) is 0 Å². The maximum Gasteiger partial charge on any atom is 0.126 e. The Morgan fingerprint density at radius 1 is 0.909 bits per heavy atom. The van der Waals surface area contributed by atoms with Crippen molar-refractivity contribution in [1.82, 2.24) is 0 Å². The van der Waals surface area contributed by atoms with Crippen molar-refractivity contribution in [2.75, 3.05) is 0 Å². The fourth-order valence-electron chi connectivity index (χ4n) is 1.10. The van der Waals surface area contributed by atoms with E-state index < -0.39 is 0 Å². The third-order valence-corrected chi connectivity index (χ3v) is 2.57. The van der Waals surface area contributed by atoms with E-state index in [1.807, 2.05) is 27.7 Å². The van der Waals surface area contributed by atoms with Crippen molar-refractivity contribution in [2.24, 2.45) is 5.92 Å². The fraction of sp³-hybridized carbons (Fsp3) is 0.667. The van der Waals surface area contributed by atoms with Crippen LogP contribution in [0.2, 0.25) is 0 Å². The number of carbonyl (C=O) groups excluding carboxylic acids is 1. The molecule has 0 aliphatic heterocycles. The quantitative estimate of drug-likeness (QED) is 0.556. The van der Waals surface area contributed by atoms with Gasteiger partial charge in [0.1, 0.15) is 5.78 Å². The van der Waals surface area contributed by atoms with E-state index in [4.69, 9.17) is 0 Å². The van der Waals surface area contributed by atoms with Crippen molar-refractivity contribution < 1.29 is 4.79 Å². The van der Waals surface area contributed by atoms with Gasteiger partial charge in [-0.1, -0.05) is 96.7 Å². The van der Waals surface area contributed by atoms with Gasteiger partial charge < -0.3 is 4.79 Å². The van der Waals surface area contributed by atoms with Crippen molar-refractivity contribution in [3.05, 3.63) is 35.4 Å². The Morgan fingerprint density at radius 3 is 1.27 bits per heavy atom. The Labute approximate surface area is 141 Å². The standard InChI is InChI=1S/C8H10.C6H14.C3H6O.2C2H6/c1-7-4-3-5-8(2)6-7;1-4-6(3)5-2;1-3(2)4;2*1-2/h3-6H,1-2H3;6H,4-5H2,1-3H3;1-2H3;2*1-2H3. The van der Waals surface area contributed by atoms with Crippen LogP contribution in [0.25, 0.3) is 0 Å². The maximum atomic E-state index is 9.44. The summed E-state index contributed by atoms with van der Waals surface area (Å²) >= 11 is 0. The topological polar surface area (TPSA) is 17.1 Å². The molecule has 0 atom stereocenters. The molecule has 0 spiro atoms. The molecule has 0 saturated heterocycles. The minimum Gasteiger partial charge on any atom is -0.300 e. The number of carbonyl (C=O) groups is 1. The molecule has 1 aromatic carbocycles.